The van der Waals surface area contributed by atoms with Gasteiger partial charge in [0.15, 0.2) is 0 Å². The summed E-state index contributed by atoms with van der Waals surface area (Å²) in [5.74, 6) is 0.0633. The number of hydrogen-bond donors (Lipinski definition) is 0. The quantitative estimate of drug-likeness (QED) is 0.586. The van der Waals surface area contributed by atoms with E-state index in [0.29, 0.717) is 0 Å². The van der Waals surface area contributed by atoms with Gasteiger partial charge in [-0.1, -0.05) is 35.4 Å². The normalized spacial score (nSPS) is 12.6. The Hall–Kier alpha value is -1.92. The Balaban J connectivity index is 2.05. The van der Waals surface area contributed by atoms with Gasteiger partial charge in [0.25, 0.3) is 0 Å². The summed E-state index contributed by atoms with van der Waals surface area (Å²) < 4.78 is 67.6. The van der Waals surface area contributed by atoms with E-state index in [0.717, 1.165) is 11.1 Å². The average Bonchev–Trinajstić information content (AvgIpc) is 2.49. The molecule has 0 saturated carbocycles. The highest BCUT2D eigenvalue weighted by Crippen LogP contribution is 2.21. The third-order valence-corrected chi connectivity index (χ3v) is 8.68. The van der Waals surface area contributed by atoms with E-state index in [1.54, 1.807) is 24.3 Å². The minimum atomic E-state index is -4.54. The van der Waals surface area contributed by atoms with Crippen molar-refractivity contribution >= 4 is 29.4 Å². The molecule has 0 aliphatic carbocycles. The van der Waals surface area contributed by atoms with Crippen LogP contribution in [-0.4, -0.2) is 25.4 Å². The van der Waals surface area contributed by atoms with Crippen LogP contribution in [0.4, 0.5) is 0 Å². The minimum Gasteiger partial charge on any atom is -0.362 e. The lowest BCUT2D eigenvalue weighted by Gasteiger charge is -2.20. The van der Waals surface area contributed by atoms with Crippen LogP contribution in [0, 0.1) is 13.8 Å². The second-order valence-electron chi connectivity index (χ2n) is 6.18. The van der Waals surface area contributed by atoms with Crippen molar-refractivity contribution in [3.63, 3.8) is 0 Å². The molecule has 0 aromatic heterocycles. The molecule has 8 nitrogen and oxygen atoms in total. The summed E-state index contributed by atoms with van der Waals surface area (Å²) in [6.07, 6.45) is 0. The zero-order valence-corrected chi connectivity index (χ0v) is 17.8. The summed E-state index contributed by atoms with van der Waals surface area (Å²) in [4.78, 5) is 0. The number of aryl methyl sites for hydroxylation is 2. The van der Waals surface area contributed by atoms with Crippen LogP contribution in [0.3, 0.4) is 0 Å². The zero-order chi connectivity index (χ0) is 20.3. The van der Waals surface area contributed by atoms with E-state index in [1.165, 1.54) is 37.4 Å². The molecule has 0 unspecified atom stereocenters. The molecule has 0 atom stereocenters. The van der Waals surface area contributed by atoms with Crippen molar-refractivity contribution in [2.45, 2.75) is 26.9 Å². The summed E-state index contributed by atoms with van der Waals surface area (Å²) in [7, 11) is -12.8. The van der Waals surface area contributed by atoms with E-state index >= 15 is 0 Å². The topological polar surface area (TPSA) is 105 Å². The first kappa shape index (κ1) is 21.4. The summed E-state index contributed by atoms with van der Waals surface area (Å²) in [6.45, 7) is 6.13. The molecule has 27 heavy (non-hydrogen) atoms. The molecule has 0 aliphatic heterocycles. The molecule has 0 aliphatic rings. The lowest BCUT2D eigenvalue weighted by atomic mass is 10.2. The van der Waals surface area contributed by atoms with Gasteiger partial charge in [0.1, 0.15) is 11.5 Å². The Morgan fingerprint density at radius 3 is 1.22 bits per heavy atom. The average molecular weight is 433 g/mol. The minimum absolute atomic E-state index is 0.0316. The molecule has 0 N–H and O–H groups in total. The van der Waals surface area contributed by atoms with Crippen molar-refractivity contribution in [2.75, 3.05) is 0 Å². The van der Waals surface area contributed by atoms with Gasteiger partial charge >= 0.3 is 29.4 Å². The van der Waals surface area contributed by atoms with Crippen molar-refractivity contribution in [1.29, 1.82) is 0 Å². The highest BCUT2D eigenvalue weighted by Gasteiger charge is 2.39. The molecular formula is C16H20O8S2Si. The molecule has 0 spiro atoms. The van der Waals surface area contributed by atoms with Gasteiger partial charge in [0.05, 0.1) is 0 Å². The highest BCUT2D eigenvalue weighted by atomic mass is 32.3. The predicted octanol–water partition coefficient (Wildman–Crippen LogP) is 2.99. The predicted molar refractivity (Wildman–Crippen MR) is 101 cm³/mol. The third kappa shape index (κ3) is 7.31. The molecule has 11 heteroatoms. The maximum absolute atomic E-state index is 12.1. The van der Waals surface area contributed by atoms with E-state index in [4.69, 9.17) is 16.1 Å². The molecule has 0 saturated heterocycles. The van der Waals surface area contributed by atoms with Crippen molar-refractivity contribution < 1.29 is 32.9 Å². The molecule has 148 valence electrons. The van der Waals surface area contributed by atoms with Crippen LogP contribution >= 0.6 is 0 Å². The first-order chi connectivity index (χ1) is 12.4. The summed E-state index contributed by atoms with van der Waals surface area (Å²) in [5, 5.41) is 0. The molecule has 2 rings (SSSR count). The van der Waals surface area contributed by atoms with Crippen LogP contribution in [0.15, 0.2) is 48.5 Å². The summed E-state index contributed by atoms with van der Waals surface area (Å²) >= 11 is 0. The molecule has 0 radical (unpaired) electrons. The van der Waals surface area contributed by atoms with Gasteiger partial charge in [0.2, 0.25) is 0 Å². The summed E-state index contributed by atoms with van der Waals surface area (Å²) in [6, 6.07) is 12.4. The van der Waals surface area contributed by atoms with Crippen LogP contribution in [-0.2, 0) is 28.5 Å². The fourth-order valence-electron chi connectivity index (χ4n) is 1.96. The molecule has 2 aromatic rings. The lowest BCUT2D eigenvalue weighted by Crippen LogP contribution is -2.41. The van der Waals surface area contributed by atoms with Gasteiger partial charge in [-0.05, 0) is 51.2 Å². The van der Waals surface area contributed by atoms with E-state index in [1.807, 2.05) is 13.8 Å². The Morgan fingerprint density at radius 2 is 0.926 bits per heavy atom. The van der Waals surface area contributed by atoms with Crippen LogP contribution in [0.5, 0.6) is 11.5 Å². The number of hydrogen-bond acceptors (Lipinski definition) is 8. The van der Waals surface area contributed by atoms with Crippen LogP contribution < -0.4 is 8.37 Å². The zero-order valence-electron chi connectivity index (χ0n) is 15.2. The Bertz CT molecular complexity index is 900. The van der Waals surface area contributed by atoms with Crippen molar-refractivity contribution in [3.05, 3.63) is 59.7 Å². The SMILES string of the molecule is Cc1ccc(OS(=O)(=O)O[Si](C)(C)OS(=O)(=O)Oc2ccc(C)cc2)cc1. The van der Waals surface area contributed by atoms with Gasteiger partial charge in [-0.2, -0.15) is 16.8 Å². The largest absolute Gasteiger partial charge is 0.441 e. The summed E-state index contributed by atoms with van der Waals surface area (Å²) in [5.41, 5.74) is 1.83. The maximum atomic E-state index is 12.1. The van der Waals surface area contributed by atoms with Gasteiger partial charge in [-0.3, -0.25) is 7.74 Å². The van der Waals surface area contributed by atoms with Gasteiger partial charge in [-0.25, -0.2) is 0 Å². The smallest absolute Gasteiger partial charge is 0.362 e. The molecular weight excluding hydrogens is 412 g/mol. The first-order valence-electron chi connectivity index (χ1n) is 7.79. The van der Waals surface area contributed by atoms with E-state index in [-0.39, 0.29) is 11.5 Å². The highest BCUT2D eigenvalue weighted by molar-refractivity contribution is 7.85. The second-order valence-corrected chi connectivity index (χ2v) is 12.3. The van der Waals surface area contributed by atoms with Crippen LogP contribution in [0.25, 0.3) is 0 Å². The maximum Gasteiger partial charge on any atom is 0.441 e. The van der Waals surface area contributed by atoms with Crippen molar-refractivity contribution in [2.24, 2.45) is 0 Å². The molecule has 2 aromatic carbocycles. The standard InChI is InChI=1S/C16H20O8S2Si/c1-13-5-9-15(10-6-13)21-25(17,18)23-27(3,4)24-26(19,20)22-16-11-7-14(2)8-12-16/h5-12H,1-4H3. The molecule has 0 fully saturated rings. The monoisotopic (exact) mass is 432 g/mol. The van der Waals surface area contributed by atoms with Crippen molar-refractivity contribution in [3.8, 4) is 11.5 Å². The molecule has 0 heterocycles. The van der Waals surface area contributed by atoms with Crippen molar-refractivity contribution in [1.82, 2.24) is 0 Å². The van der Waals surface area contributed by atoms with Crippen LogP contribution in [0.2, 0.25) is 13.1 Å². The Kier molecular flexibility index (Phi) is 6.32. The number of rotatable bonds is 8. The van der Waals surface area contributed by atoms with Gasteiger partial charge in [0, 0.05) is 0 Å². The first-order valence-corrected chi connectivity index (χ1v) is 13.3. The number of benzene rings is 2. The van der Waals surface area contributed by atoms with E-state index < -0.39 is 29.4 Å². The Morgan fingerprint density at radius 1 is 0.630 bits per heavy atom. The van der Waals surface area contributed by atoms with Gasteiger partial charge in [-0.15, -0.1) is 0 Å². The Labute approximate surface area is 160 Å². The van der Waals surface area contributed by atoms with E-state index in [9.17, 15) is 16.8 Å². The fourth-order valence-corrected chi connectivity index (χ4v) is 7.22. The third-order valence-electron chi connectivity index (χ3n) is 3.04. The van der Waals surface area contributed by atoms with Crippen LogP contribution in [0.1, 0.15) is 11.1 Å². The molecule has 0 bridgehead atoms. The van der Waals surface area contributed by atoms with E-state index in [2.05, 4.69) is 0 Å². The fraction of sp³-hybridized carbons (Fsp3) is 0.250. The lowest BCUT2D eigenvalue weighted by molar-refractivity contribution is 0.322. The second kappa shape index (κ2) is 7.98. The van der Waals surface area contributed by atoms with Gasteiger partial charge < -0.3 is 8.37 Å². The molecule has 0 amide bonds.